The Hall–Kier alpha value is -1.67. The van der Waals surface area contributed by atoms with E-state index in [1.54, 1.807) is 6.92 Å². The van der Waals surface area contributed by atoms with Crippen LogP contribution in [0.25, 0.3) is 0 Å². The highest BCUT2D eigenvalue weighted by molar-refractivity contribution is 5.38. The van der Waals surface area contributed by atoms with Crippen molar-refractivity contribution in [1.82, 2.24) is 9.97 Å². The average molecular weight is 313 g/mol. The van der Waals surface area contributed by atoms with Gasteiger partial charge in [0.2, 0.25) is 5.88 Å². The van der Waals surface area contributed by atoms with Crippen LogP contribution >= 0.6 is 0 Å². The predicted octanol–water partition coefficient (Wildman–Crippen LogP) is 3.44. The van der Waals surface area contributed by atoms with Crippen LogP contribution in [0.3, 0.4) is 0 Å². The van der Waals surface area contributed by atoms with Gasteiger partial charge in [-0.15, -0.1) is 0 Å². The third-order valence-corrected chi connectivity index (χ3v) is 2.44. The summed E-state index contributed by atoms with van der Waals surface area (Å²) < 4.78 is 66.2. The van der Waals surface area contributed by atoms with E-state index >= 15 is 0 Å². The summed E-state index contributed by atoms with van der Waals surface area (Å²) in [5, 5.41) is 2.90. The molecule has 1 rings (SSSR count). The van der Waals surface area contributed by atoms with E-state index in [0.717, 1.165) is 6.42 Å². The van der Waals surface area contributed by atoms with Crippen molar-refractivity contribution in [2.75, 3.05) is 18.5 Å². The van der Waals surface area contributed by atoms with Gasteiger partial charge in [-0.25, -0.2) is 4.98 Å². The minimum Gasteiger partial charge on any atom is -0.471 e. The van der Waals surface area contributed by atoms with Crippen LogP contribution < -0.4 is 10.1 Å². The van der Waals surface area contributed by atoms with Gasteiger partial charge in [0, 0.05) is 19.0 Å². The summed E-state index contributed by atoms with van der Waals surface area (Å²) in [5.41, 5.74) is 0. The number of nitrogens with one attached hydrogen (secondary N) is 1. The summed E-state index contributed by atoms with van der Waals surface area (Å²) in [6.45, 7) is 2.41. The summed E-state index contributed by atoms with van der Waals surface area (Å²) in [5.74, 6) is -4.62. The van der Waals surface area contributed by atoms with E-state index in [1.165, 1.54) is 6.07 Å². The maximum absolute atomic E-state index is 12.8. The zero-order valence-corrected chi connectivity index (χ0v) is 11.6. The van der Waals surface area contributed by atoms with Gasteiger partial charge in [0.25, 0.3) is 0 Å². The first-order chi connectivity index (χ1) is 9.69. The molecule has 21 heavy (non-hydrogen) atoms. The normalized spacial score (nSPS) is 12.3. The summed E-state index contributed by atoms with van der Waals surface area (Å²) >= 11 is 0. The van der Waals surface area contributed by atoms with Crippen LogP contribution in [0.2, 0.25) is 0 Å². The van der Waals surface area contributed by atoms with E-state index in [9.17, 15) is 22.0 Å². The average Bonchev–Trinajstić information content (AvgIpc) is 2.41. The van der Waals surface area contributed by atoms with Gasteiger partial charge in [-0.3, -0.25) is 0 Å². The largest absolute Gasteiger partial charge is 0.471 e. The molecule has 0 aliphatic rings. The second-order valence-corrected chi connectivity index (χ2v) is 4.28. The topological polar surface area (TPSA) is 47.0 Å². The highest BCUT2D eigenvalue weighted by atomic mass is 19.4. The molecule has 120 valence electrons. The van der Waals surface area contributed by atoms with E-state index in [4.69, 9.17) is 0 Å². The number of nitrogens with zero attached hydrogens (tertiary/aromatic N) is 2. The van der Waals surface area contributed by atoms with Crippen molar-refractivity contribution < 1.29 is 26.7 Å². The Bertz CT molecular complexity index is 465. The molecule has 0 saturated carbocycles. The fourth-order valence-electron chi connectivity index (χ4n) is 1.29. The van der Waals surface area contributed by atoms with Crippen LogP contribution in [0.15, 0.2) is 6.07 Å². The van der Waals surface area contributed by atoms with Gasteiger partial charge in [0.15, 0.2) is 6.61 Å². The number of hydrogen-bond acceptors (Lipinski definition) is 4. The van der Waals surface area contributed by atoms with Crippen LogP contribution in [0, 0.1) is 0 Å². The number of ether oxygens (including phenoxy) is 1. The van der Waals surface area contributed by atoms with Crippen molar-refractivity contribution in [3.63, 3.8) is 0 Å². The maximum Gasteiger partial charge on any atom is 0.456 e. The third kappa shape index (κ3) is 4.98. The Labute approximate surface area is 118 Å². The fourth-order valence-corrected chi connectivity index (χ4v) is 1.29. The first kappa shape index (κ1) is 17.4. The minimum absolute atomic E-state index is 0.293. The molecule has 1 heterocycles. The highest BCUT2D eigenvalue weighted by Gasteiger charge is 2.58. The number of halogens is 5. The van der Waals surface area contributed by atoms with Gasteiger partial charge in [-0.1, -0.05) is 13.8 Å². The first-order valence-electron chi connectivity index (χ1n) is 6.38. The first-order valence-corrected chi connectivity index (χ1v) is 6.38. The van der Waals surface area contributed by atoms with Gasteiger partial charge in [0.05, 0.1) is 0 Å². The molecule has 0 bridgehead atoms. The highest BCUT2D eigenvalue weighted by Crippen LogP contribution is 2.35. The molecule has 9 heteroatoms. The lowest BCUT2D eigenvalue weighted by molar-refractivity contribution is -0.290. The number of rotatable bonds is 7. The quantitative estimate of drug-likeness (QED) is 0.783. The maximum atomic E-state index is 12.8. The molecule has 4 nitrogen and oxygen atoms in total. The van der Waals surface area contributed by atoms with E-state index in [-0.39, 0.29) is 5.88 Å². The standard InChI is InChI=1S/C12H16F5N3O/c1-3-5-18-9-6-10(20-8(4-2)19-9)21-7-11(13,14)12(15,16)17/h6H,3-5,7H2,1-2H3,(H,18,19,20). The second-order valence-electron chi connectivity index (χ2n) is 4.28. The van der Waals surface area contributed by atoms with Crippen molar-refractivity contribution in [2.45, 2.75) is 38.8 Å². The van der Waals surface area contributed by atoms with E-state index in [1.807, 2.05) is 6.92 Å². The Morgan fingerprint density at radius 1 is 1.14 bits per heavy atom. The van der Waals surface area contributed by atoms with Gasteiger partial charge >= 0.3 is 12.1 Å². The van der Waals surface area contributed by atoms with Gasteiger partial charge in [-0.05, 0) is 6.42 Å². The Balaban J connectivity index is 2.83. The van der Waals surface area contributed by atoms with Crippen molar-refractivity contribution in [1.29, 1.82) is 0 Å². The van der Waals surface area contributed by atoms with E-state index in [0.29, 0.717) is 24.6 Å². The second kappa shape index (κ2) is 6.86. The fraction of sp³-hybridized carbons (Fsp3) is 0.667. The molecule has 0 aromatic carbocycles. The Morgan fingerprint density at radius 2 is 1.81 bits per heavy atom. The lowest BCUT2D eigenvalue weighted by Gasteiger charge is -2.19. The number of aryl methyl sites for hydroxylation is 1. The van der Waals surface area contributed by atoms with Crippen molar-refractivity contribution in [2.24, 2.45) is 0 Å². The van der Waals surface area contributed by atoms with Crippen molar-refractivity contribution >= 4 is 5.82 Å². The molecule has 0 spiro atoms. The zero-order chi connectivity index (χ0) is 16.1. The monoisotopic (exact) mass is 313 g/mol. The van der Waals surface area contributed by atoms with Crippen molar-refractivity contribution in [3.05, 3.63) is 11.9 Å². The van der Waals surface area contributed by atoms with Crippen LogP contribution in [0.5, 0.6) is 5.88 Å². The number of hydrogen-bond donors (Lipinski definition) is 1. The van der Waals surface area contributed by atoms with Gasteiger partial charge in [-0.2, -0.15) is 26.9 Å². The molecule has 0 unspecified atom stereocenters. The van der Waals surface area contributed by atoms with E-state index in [2.05, 4.69) is 20.0 Å². The lowest BCUT2D eigenvalue weighted by atomic mass is 10.3. The molecule has 0 radical (unpaired) electrons. The molecule has 0 saturated heterocycles. The van der Waals surface area contributed by atoms with E-state index < -0.39 is 18.7 Å². The minimum atomic E-state index is -5.66. The summed E-state index contributed by atoms with van der Waals surface area (Å²) in [4.78, 5) is 7.84. The molecule has 1 N–H and O–H groups in total. The molecule has 1 aromatic rings. The van der Waals surface area contributed by atoms with Crippen molar-refractivity contribution in [3.8, 4) is 5.88 Å². The zero-order valence-electron chi connectivity index (χ0n) is 11.6. The van der Waals surface area contributed by atoms with Crippen LogP contribution in [-0.2, 0) is 6.42 Å². The molecule has 0 amide bonds. The smallest absolute Gasteiger partial charge is 0.456 e. The summed E-state index contributed by atoms with van der Waals surface area (Å²) in [6.07, 6.45) is -4.46. The molecule has 0 atom stereocenters. The third-order valence-electron chi connectivity index (χ3n) is 2.44. The van der Waals surface area contributed by atoms with Crippen LogP contribution in [0.4, 0.5) is 27.8 Å². The van der Waals surface area contributed by atoms with Crippen LogP contribution in [0.1, 0.15) is 26.1 Å². The summed E-state index contributed by atoms with van der Waals surface area (Å²) in [7, 11) is 0. The Morgan fingerprint density at radius 3 is 2.33 bits per heavy atom. The van der Waals surface area contributed by atoms with Crippen LogP contribution in [-0.4, -0.2) is 35.2 Å². The molecule has 0 aliphatic heterocycles. The Kier molecular flexibility index (Phi) is 5.68. The lowest BCUT2D eigenvalue weighted by Crippen LogP contribution is -2.41. The SMILES string of the molecule is CCCNc1cc(OCC(F)(F)C(F)(F)F)nc(CC)n1. The predicted molar refractivity (Wildman–Crippen MR) is 66.7 cm³/mol. The number of alkyl halides is 5. The number of anilines is 1. The van der Waals surface area contributed by atoms with Gasteiger partial charge in [0.1, 0.15) is 11.6 Å². The number of aromatic nitrogens is 2. The molecule has 0 fully saturated rings. The summed E-state index contributed by atoms with van der Waals surface area (Å²) in [6, 6.07) is 1.20. The molecular formula is C12H16F5N3O. The molecule has 1 aromatic heterocycles. The molecule has 0 aliphatic carbocycles. The van der Waals surface area contributed by atoms with Gasteiger partial charge < -0.3 is 10.1 Å². The molecular weight excluding hydrogens is 297 g/mol.